The van der Waals surface area contributed by atoms with Crippen LogP contribution in [0, 0.1) is 0 Å². The quantitative estimate of drug-likeness (QED) is 0.787. The summed E-state index contributed by atoms with van der Waals surface area (Å²) >= 11 is 0. The highest BCUT2D eigenvalue weighted by molar-refractivity contribution is 5.80. The van der Waals surface area contributed by atoms with E-state index in [1.807, 2.05) is 54.6 Å². The maximum absolute atomic E-state index is 11.5. The van der Waals surface area contributed by atoms with Gasteiger partial charge in [-0.25, -0.2) is 4.99 Å². The maximum Gasteiger partial charge on any atom is 0.242 e. The minimum atomic E-state index is -1.19. The molecule has 1 unspecified atom stereocenters. The van der Waals surface area contributed by atoms with Gasteiger partial charge in [-0.2, -0.15) is 0 Å². The Morgan fingerprint density at radius 2 is 1.79 bits per heavy atom. The molecule has 94 valence electrons. The van der Waals surface area contributed by atoms with E-state index < -0.39 is 5.72 Å². The molecular weight excluding hydrogens is 238 g/mol. The summed E-state index contributed by atoms with van der Waals surface area (Å²) in [6.07, 6.45) is 2.40. The van der Waals surface area contributed by atoms with Gasteiger partial charge in [-0.05, 0) is 11.1 Å². The maximum atomic E-state index is 11.5. The monoisotopic (exact) mass is 251 g/mol. The van der Waals surface area contributed by atoms with E-state index in [1.165, 1.54) is 0 Å². The van der Waals surface area contributed by atoms with E-state index in [0.717, 1.165) is 23.0 Å². The summed E-state index contributed by atoms with van der Waals surface area (Å²) in [6, 6.07) is 17.6. The van der Waals surface area contributed by atoms with Crippen LogP contribution in [-0.2, 0) is 15.3 Å². The van der Waals surface area contributed by atoms with Crippen LogP contribution in [-0.4, -0.2) is 19.1 Å². The van der Waals surface area contributed by atoms with Crippen molar-refractivity contribution in [2.24, 2.45) is 4.99 Å². The van der Waals surface area contributed by atoms with Crippen LogP contribution in [0.4, 0.5) is 0 Å². The Labute approximate surface area is 111 Å². The number of aliphatic imine (C=N–C) groups is 1. The SMILES string of the molecule is O=CC1(c2ccccc2-c2ccccc2)N=CCO1. The van der Waals surface area contributed by atoms with E-state index in [2.05, 4.69) is 4.99 Å². The summed E-state index contributed by atoms with van der Waals surface area (Å²) in [5.41, 5.74) is 1.61. The number of benzene rings is 2. The van der Waals surface area contributed by atoms with Crippen molar-refractivity contribution in [3.8, 4) is 11.1 Å². The molecule has 2 aromatic rings. The molecule has 0 saturated heterocycles. The summed E-state index contributed by atoms with van der Waals surface area (Å²) < 4.78 is 5.55. The fraction of sp³-hybridized carbons (Fsp3) is 0.125. The molecule has 0 amide bonds. The predicted molar refractivity (Wildman–Crippen MR) is 74.1 cm³/mol. The molecule has 0 spiro atoms. The van der Waals surface area contributed by atoms with Crippen LogP contribution >= 0.6 is 0 Å². The van der Waals surface area contributed by atoms with Gasteiger partial charge in [0.1, 0.15) is 0 Å². The Hall–Kier alpha value is -2.26. The van der Waals surface area contributed by atoms with Gasteiger partial charge < -0.3 is 4.74 Å². The van der Waals surface area contributed by atoms with E-state index in [4.69, 9.17) is 4.74 Å². The zero-order valence-electron chi connectivity index (χ0n) is 10.3. The first kappa shape index (κ1) is 11.8. The number of ether oxygens (including phenoxy) is 1. The topological polar surface area (TPSA) is 38.7 Å². The van der Waals surface area contributed by atoms with Crippen LogP contribution < -0.4 is 0 Å². The van der Waals surface area contributed by atoms with Crippen molar-refractivity contribution in [1.29, 1.82) is 0 Å². The van der Waals surface area contributed by atoms with E-state index in [9.17, 15) is 4.79 Å². The van der Waals surface area contributed by atoms with Crippen molar-refractivity contribution in [3.63, 3.8) is 0 Å². The van der Waals surface area contributed by atoms with Crippen molar-refractivity contribution in [2.75, 3.05) is 6.61 Å². The summed E-state index contributed by atoms with van der Waals surface area (Å²) in [5, 5.41) is 0. The average Bonchev–Trinajstić information content (AvgIpc) is 2.98. The second kappa shape index (κ2) is 4.78. The molecule has 1 aliphatic heterocycles. The van der Waals surface area contributed by atoms with Crippen LogP contribution in [0.3, 0.4) is 0 Å². The molecule has 0 bridgehead atoms. The number of rotatable bonds is 3. The molecule has 3 rings (SSSR count). The van der Waals surface area contributed by atoms with E-state index in [1.54, 1.807) is 6.21 Å². The number of carbonyl (C=O) groups excluding carboxylic acids is 1. The Morgan fingerprint density at radius 3 is 2.47 bits per heavy atom. The van der Waals surface area contributed by atoms with Crippen LogP contribution in [0.25, 0.3) is 11.1 Å². The number of carbonyl (C=O) groups is 1. The van der Waals surface area contributed by atoms with Gasteiger partial charge in [-0.15, -0.1) is 0 Å². The fourth-order valence-electron chi connectivity index (χ4n) is 2.31. The van der Waals surface area contributed by atoms with Gasteiger partial charge >= 0.3 is 0 Å². The van der Waals surface area contributed by atoms with Crippen molar-refractivity contribution in [2.45, 2.75) is 5.72 Å². The molecule has 0 aromatic heterocycles. The molecule has 0 radical (unpaired) electrons. The summed E-state index contributed by atoms with van der Waals surface area (Å²) in [4.78, 5) is 15.7. The molecule has 0 N–H and O–H groups in total. The molecule has 19 heavy (non-hydrogen) atoms. The second-order valence-electron chi connectivity index (χ2n) is 4.35. The largest absolute Gasteiger partial charge is 0.338 e. The van der Waals surface area contributed by atoms with Crippen LogP contribution in [0.5, 0.6) is 0 Å². The normalized spacial score (nSPS) is 21.5. The van der Waals surface area contributed by atoms with Crippen LogP contribution in [0.1, 0.15) is 5.56 Å². The van der Waals surface area contributed by atoms with Gasteiger partial charge in [0.25, 0.3) is 0 Å². The summed E-state index contributed by atoms with van der Waals surface area (Å²) in [6.45, 7) is 0.363. The highest BCUT2D eigenvalue weighted by Crippen LogP contribution is 2.35. The molecular formula is C16H13NO2. The van der Waals surface area contributed by atoms with Crippen LogP contribution in [0.15, 0.2) is 59.6 Å². The Kier molecular flexibility index (Phi) is 2.97. The zero-order valence-corrected chi connectivity index (χ0v) is 10.3. The third-order valence-corrected chi connectivity index (χ3v) is 3.22. The smallest absolute Gasteiger partial charge is 0.242 e. The van der Waals surface area contributed by atoms with Crippen molar-refractivity contribution < 1.29 is 9.53 Å². The second-order valence-corrected chi connectivity index (χ2v) is 4.35. The van der Waals surface area contributed by atoms with Gasteiger partial charge in [0.15, 0.2) is 6.29 Å². The summed E-state index contributed by atoms with van der Waals surface area (Å²) in [5.74, 6) is 0. The third kappa shape index (κ3) is 1.98. The lowest BCUT2D eigenvalue weighted by molar-refractivity contribution is -0.127. The number of nitrogens with zero attached hydrogens (tertiary/aromatic N) is 1. The van der Waals surface area contributed by atoms with Crippen molar-refractivity contribution in [1.82, 2.24) is 0 Å². The molecule has 3 heteroatoms. The van der Waals surface area contributed by atoms with E-state index in [-0.39, 0.29) is 0 Å². The Balaban J connectivity index is 2.18. The fourth-order valence-corrected chi connectivity index (χ4v) is 2.31. The minimum absolute atomic E-state index is 0.363. The van der Waals surface area contributed by atoms with Gasteiger partial charge in [-0.3, -0.25) is 4.79 Å². The van der Waals surface area contributed by atoms with E-state index >= 15 is 0 Å². The predicted octanol–water partition coefficient (Wildman–Crippen LogP) is 2.81. The highest BCUT2D eigenvalue weighted by atomic mass is 16.5. The molecule has 1 atom stereocenters. The first-order valence-corrected chi connectivity index (χ1v) is 6.15. The molecule has 1 heterocycles. The molecule has 0 fully saturated rings. The number of hydrogen-bond acceptors (Lipinski definition) is 3. The lowest BCUT2D eigenvalue weighted by atomic mass is 9.93. The third-order valence-electron chi connectivity index (χ3n) is 3.22. The molecule has 1 aliphatic rings. The van der Waals surface area contributed by atoms with E-state index in [0.29, 0.717) is 6.61 Å². The number of hydrogen-bond donors (Lipinski definition) is 0. The first-order valence-electron chi connectivity index (χ1n) is 6.15. The van der Waals surface area contributed by atoms with Crippen LogP contribution in [0.2, 0.25) is 0 Å². The molecule has 3 nitrogen and oxygen atoms in total. The standard InChI is InChI=1S/C16H13NO2/c18-12-16(17-10-11-19-16)15-9-5-4-8-14(15)13-6-2-1-3-7-13/h1-10,12H,11H2. The molecule has 0 saturated carbocycles. The Morgan fingerprint density at radius 1 is 1.05 bits per heavy atom. The Bertz CT molecular complexity index is 622. The molecule has 0 aliphatic carbocycles. The lowest BCUT2D eigenvalue weighted by Crippen LogP contribution is -2.26. The lowest BCUT2D eigenvalue weighted by Gasteiger charge is -2.22. The summed E-state index contributed by atoms with van der Waals surface area (Å²) in [7, 11) is 0. The minimum Gasteiger partial charge on any atom is -0.338 e. The average molecular weight is 251 g/mol. The number of aldehydes is 1. The van der Waals surface area contributed by atoms with Gasteiger partial charge in [0.2, 0.25) is 5.72 Å². The first-order chi connectivity index (χ1) is 9.36. The zero-order chi connectivity index (χ0) is 13.1. The van der Waals surface area contributed by atoms with Gasteiger partial charge in [0.05, 0.1) is 6.61 Å². The van der Waals surface area contributed by atoms with Crippen molar-refractivity contribution >= 4 is 12.5 Å². The highest BCUT2D eigenvalue weighted by Gasteiger charge is 2.36. The van der Waals surface area contributed by atoms with Crippen molar-refractivity contribution in [3.05, 3.63) is 60.2 Å². The van der Waals surface area contributed by atoms with Gasteiger partial charge in [0, 0.05) is 11.8 Å². The van der Waals surface area contributed by atoms with Gasteiger partial charge in [-0.1, -0.05) is 54.6 Å². The molecule has 2 aromatic carbocycles.